The Hall–Kier alpha value is -1.95. The van der Waals surface area contributed by atoms with E-state index < -0.39 is 5.97 Å². The van der Waals surface area contributed by atoms with Gasteiger partial charge in [0.2, 0.25) is 5.91 Å². The van der Waals surface area contributed by atoms with E-state index >= 15 is 0 Å². The highest BCUT2D eigenvalue weighted by Gasteiger charge is 2.18. The average molecular weight is 293 g/mol. The second kappa shape index (κ2) is 7.73. The molecular weight excluding hydrogens is 270 g/mol. The van der Waals surface area contributed by atoms with Crippen LogP contribution in [0.5, 0.6) is 0 Å². The fraction of sp³-hybridized carbons (Fsp3) is 0.533. The van der Waals surface area contributed by atoms with Crippen molar-refractivity contribution in [1.29, 1.82) is 0 Å². The van der Waals surface area contributed by atoms with Crippen LogP contribution in [-0.4, -0.2) is 28.5 Å². The summed E-state index contributed by atoms with van der Waals surface area (Å²) in [6.45, 7) is 5.02. The molecule has 1 aromatic rings. The van der Waals surface area contributed by atoms with Crippen molar-refractivity contribution in [2.75, 3.05) is 6.54 Å². The van der Waals surface area contributed by atoms with Crippen LogP contribution in [-0.2, 0) is 11.3 Å². The minimum atomic E-state index is -1.01. The predicted molar refractivity (Wildman–Crippen MR) is 79.7 cm³/mol. The van der Waals surface area contributed by atoms with Crippen LogP contribution in [0.1, 0.15) is 49.2 Å². The molecule has 0 aliphatic rings. The van der Waals surface area contributed by atoms with Crippen molar-refractivity contribution in [3.05, 3.63) is 29.6 Å². The second-order valence-electron chi connectivity index (χ2n) is 5.82. The number of nitrogens with zero attached hydrogens (tertiary/aromatic N) is 1. The normalized spacial score (nSPS) is 11.2. The van der Waals surface area contributed by atoms with Crippen LogP contribution < -0.4 is 11.1 Å². The van der Waals surface area contributed by atoms with Gasteiger partial charge in [-0.1, -0.05) is 13.8 Å². The first-order valence-electron chi connectivity index (χ1n) is 6.99. The number of nitrogens with two attached hydrogens (primary N) is 1. The van der Waals surface area contributed by atoms with Gasteiger partial charge in [0, 0.05) is 12.6 Å². The number of hydrogen-bond acceptors (Lipinski definition) is 4. The number of aromatic nitrogens is 1. The van der Waals surface area contributed by atoms with Gasteiger partial charge in [-0.15, -0.1) is 0 Å². The highest BCUT2D eigenvalue weighted by atomic mass is 16.4. The topological polar surface area (TPSA) is 105 Å². The Morgan fingerprint density at radius 3 is 2.71 bits per heavy atom. The third kappa shape index (κ3) is 6.35. The van der Waals surface area contributed by atoms with Gasteiger partial charge in [0.1, 0.15) is 0 Å². The molecule has 0 radical (unpaired) electrons. The Kier molecular flexibility index (Phi) is 6.30. The van der Waals surface area contributed by atoms with Gasteiger partial charge in [0.15, 0.2) is 0 Å². The first kappa shape index (κ1) is 17.1. The minimum absolute atomic E-state index is 0.0492. The number of aromatic carboxylic acids is 1. The molecule has 1 rings (SSSR count). The zero-order valence-corrected chi connectivity index (χ0v) is 12.6. The highest BCUT2D eigenvalue weighted by Crippen LogP contribution is 2.25. The molecule has 0 saturated heterocycles. The van der Waals surface area contributed by atoms with Crippen molar-refractivity contribution in [3.63, 3.8) is 0 Å². The minimum Gasteiger partial charge on any atom is -0.478 e. The molecule has 0 aliphatic carbocycles. The number of amides is 1. The number of carboxylic acids is 1. The summed E-state index contributed by atoms with van der Waals surface area (Å²) in [5.74, 6) is -1.07. The summed E-state index contributed by atoms with van der Waals surface area (Å²) < 4.78 is 0. The molecule has 0 saturated carbocycles. The van der Waals surface area contributed by atoms with E-state index in [9.17, 15) is 9.59 Å². The van der Waals surface area contributed by atoms with Crippen molar-refractivity contribution in [2.45, 2.75) is 39.7 Å². The fourth-order valence-corrected chi connectivity index (χ4v) is 1.95. The van der Waals surface area contributed by atoms with Crippen LogP contribution in [0.15, 0.2) is 18.3 Å². The van der Waals surface area contributed by atoms with Crippen LogP contribution in [0, 0.1) is 5.41 Å². The van der Waals surface area contributed by atoms with Crippen molar-refractivity contribution in [2.24, 2.45) is 11.1 Å². The quantitative estimate of drug-likeness (QED) is 0.674. The molecule has 1 aromatic heterocycles. The first-order chi connectivity index (χ1) is 9.84. The molecule has 6 nitrogen and oxygen atoms in total. The Morgan fingerprint density at radius 1 is 1.38 bits per heavy atom. The van der Waals surface area contributed by atoms with Crippen LogP contribution in [0.3, 0.4) is 0 Å². The molecule has 1 amide bonds. The molecule has 0 fully saturated rings. The van der Waals surface area contributed by atoms with E-state index in [1.807, 2.05) is 0 Å². The molecule has 0 bridgehead atoms. The average Bonchev–Trinajstić information content (AvgIpc) is 2.43. The molecular formula is C15H23N3O3. The van der Waals surface area contributed by atoms with E-state index in [-0.39, 0.29) is 23.4 Å². The zero-order valence-electron chi connectivity index (χ0n) is 12.6. The lowest BCUT2D eigenvalue weighted by molar-refractivity contribution is -0.121. The molecule has 116 valence electrons. The second-order valence-corrected chi connectivity index (χ2v) is 5.82. The maximum absolute atomic E-state index is 11.8. The number of pyridine rings is 1. The molecule has 21 heavy (non-hydrogen) atoms. The van der Waals surface area contributed by atoms with Crippen LogP contribution in [0.4, 0.5) is 0 Å². The number of carbonyl (C=O) groups is 2. The van der Waals surface area contributed by atoms with Crippen molar-refractivity contribution >= 4 is 11.9 Å². The number of nitrogens with one attached hydrogen (secondary N) is 1. The molecule has 1 heterocycles. The lowest BCUT2D eigenvalue weighted by Gasteiger charge is -2.23. The Labute approximate surface area is 124 Å². The van der Waals surface area contributed by atoms with Gasteiger partial charge in [-0.25, -0.2) is 4.79 Å². The standard InChI is InChI=1S/C15H23N3O3/c1-15(2,6-7-16)5-3-13(19)18-10-12-9-11(14(20)21)4-8-17-12/h4,8-9H,3,5-7,10,16H2,1-2H3,(H,18,19)(H,20,21). The lowest BCUT2D eigenvalue weighted by atomic mass is 9.84. The molecule has 6 heteroatoms. The van der Waals surface area contributed by atoms with Gasteiger partial charge in [-0.2, -0.15) is 0 Å². The third-order valence-electron chi connectivity index (χ3n) is 3.38. The maximum atomic E-state index is 11.8. The first-order valence-corrected chi connectivity index (χ1v) is 6.99. The SMILES string of the molecule is CC(C)(CCN)CCC(=O)NCc1cc(C(=O)O)ccn1. The van der Waals surface area contributed by atoms with Crippen LogP contribution >= 0.6 is 0 Å². The van der Waals surface area contributed by atoms with Gasteiger partial charge >= 0.3 is 5.97 Å². The summed E-state index contributed by atoms with van der Waals surface area (Å²) in [4.78, 5) is 26.7. The smallest absolute Gasteiger partial charge is 0.335 e. The van der Waals surface area contributed by atoms with E-state index in [1.165, 1.54) is 18.3 Å². The van der Waals surface area contributed by atoms with Crippen molar-refractivity contribution in [3.8, 4) is 0 Å². The van der Waals surface area contributed by atoms with Gasteiger partial charge < -0.3 is 16.2 Å². The van der Waals surface area contributed by atoms with Gasteiger partial charge in [-0.05, 0) is 36.9 Å². The predicted octanol–water partition coefficient (Wildman–Crippen LogP) is 1.55. The lowest BCUT2D eigenvalue weighted by Crippen LogP contribution is -2.26. The monoisotopic (exact) mass is 293 g/mol. The van der Waals surface area contributed by atoms with Crippen molar-refractivity contribution in [1.82, 2.24) is 10.3 Å². The van der Waals surface area contributed by atoms with Crippen LogP contribution in [0.25, 0.3) is 0 Å². The Balaban J connectivity index is 2.43. The molecule has 0 aliphatic heterocycles. The number of carboxylic acid groups (broad SMARTS) is 1. The number of rotatable bonds is 8. The summed E-state index contributed by atoms with van der Waals surface area (Å²) in [5, 5.41) is 11.6. The Morgan fingerprint density at radius 2 is 2.10 bits per heavy atom. The van der Waals surface area contributed by atoms with Gasteiger partial charge in [0.25, 0.3) is 0 Å². The largest absolute Gasteiger partial charge is 0.478 e. The van der Waals surface area contributed by atoms with Crippen LogP contribution in [0.2, 0.25) is 0 Å². The van der Waals surface area contributed by atoms with E-state index in [1.54, 1.807) is 0 Å². The number of hydrogen-bond donors (Lipinski definition) is 3. The molecule has 0 spiro atoms. The van der Waals surface area contributed by atoms with Gasteiger partial charge in [0.05, 0.1) is 17.8 Å². The van der Waals surface area contributed by atoms with E-state index in [0.29, 0.717) is 18.7 Å². The summed E-state index contributed by atoms with van der Waals surface area (Å²) in [7, 11) is 0. The summed E-state index contributed by atoms with van der Waals surface area (Å²) in [6, 6.07) is 2.88. The Bertz CT molecular complexity index is 501. The zero-order chi connectivity index (χ0) is 15.9. The molecule has 0 atom stereocenters. The van der Waals surface area contributed by atoms with E-state index in [2.05, 4.69) is 24.1 Å². The summed E-state index contributed by atoms with van der Waals surface area (Å²) in [5.41, 5.74) is 6.28. The summed E-state index contributed by atoms with van der Waals surface area (Å²) in [6.07, 6.45) is 3.49. The van der Waals surface area contributed by atoms with E-state index in [4.69, 9.17) is 10.8 Å². The third-order valence-corrected chi connectivity index (χ3v) is 3.38. The molecule has 0 aromatic carbocycles. The van der Waals surface area contributed by atoms with E-state index in [0.717, 1.165) is 12.8 Å². The fourth-order valence-electron chi connectivity index (χ4n) is 1.95. The summed E-state index contributed by atoms with van der Waals surface area (Å²) >= 11 is 0. The number of carbonyl (C=O) groups excluding carboxylic acids is 1. The highest BCUT2D eigenvalue weighted by molar-refractivity contribution is 5.87. The molecule has 4 N–H and O–H groups in total. The molecule has 0 unspecified atom stereocenters. The van der Waals surface area contributed by atoms with Crippen molar-refractivity contribution < 1.29 is 14.7 Å². The maximum Gasteiger partial charge on any atom is 0.335 e. The van der Waals surface area contributed by atoms with Gasteiger partial charge in [-0.3, -0.25) is 9.78 Å².